The third-order valence-electron chi connectivity index (χ3n) is 3.19. The Balaban J connectivity index is 2.36. The quantitative estimate of drug-likeness (QED) is 0.800. The van der Waals surface area contributed by atoms with Crippen molar-refractivity contribution in [2.45, 2.75) is 13.0 Å². The zero-order valence-electron chi connectivity index (χ0n) is 11.5. The van der Waals surface area contributed by atoms with Crippen molar-refractivity contribution >= 4 is 29.0 Å². The normalized spacial score (nSPS) is 12.1. The van der Waals surface area contributed by atoms with E-state index in [0.29, 0.717) is 21.7 Å². The van der Waals surface area contributed by atoms with Crippen LogP contribution in [0.15, 0.2) is 30.6 Å². The number of methoxy groups -OCH3 is 1. The van der Waals surface area contributed by atoms with Gasteiger partial charge in [-0.1, -0.05) is 35.3 Å². The Bertz CT molecular complexity index is 607. The summed E-state index contributed by atoms with van der Waals surface area (Å²) in [5, 5.41) is 0.998. The lowest BCUT2D eigenvalue weighted by Crippen LogP contribution is -2.23. The van der Waals surface area contributed by atoms with Crippen LogP contribution in [0.5, 0.6) is 5.75 Å². The van der Waals surface area contributed by atoms with Crippen molar-refractivity contribution in [2.75, 3.05) is 19.1 Å². The van der Waals surface area contributed by atoms with Crippen LogP contribution in [-0.2, 0) is 0 Å². The largest absolute Gasteiger partial charge is 0.490 e. The smallest absolute Gasteiger partial charge is 0.199 e. The summed E-state index contributed by atoms with van der Waals surface area (Å²) in [4.78, 5) is 10.1. The van der Waals surface area contributed by atoms with E-state index >= 15 is 0 Å². The fourth-order valence-corrected chi connectivity index (χ4v) is 2.35. The van der Waals surface area contributed by atoms with Gasteiger partial charge in [0.2, 0.25) is 0 Å². The number of hydrogen-bond donors (Lipinski definition) is 0. The van der Waals surface area contributed by atoms with Gasteiger partial charge in [0.1, 0.15) is 6.33 Å². The van der Waals surface area contributed by atoms with Crippen molar-refractivity contribution in [1.82, 2.24) is 9.97 Å². The second-order valence-electron chi connectivity index (χ2n) is 4.36. The Hall–Kier alpha value is -1.52. The molecule has 0 aliphatic carbocycles. The summed E-state index contributed by atoms with van der Waals surface area (Å²) in [5.41, 5.74) is 1.08. The van der Waals surface area contributed by atoms with Gasteiger partial charge in [-0.25, -0.2) is 9.97 Å². The summed E-state index contributed by atoms with van der Waals surface area (Å²) in [6, 6.07) is 7.78. The average molecular weight is 312 g/mol. The van der Waals surface area contributed by atoms with Gasteiger partial charge in [-0.15, -0.1) is 0 Å². The maximum absolute atomic E-state index is 6.03. The van der Waals surface area contributed by atoms with Crippen LogP contribution in [0, 0.1) is 0 Å². The van der Waals surface area contributed by atoms with Gasteiger partial charge in [-0.3, -0.25) is 0 Å². The molecule has 2 rings (SSSR count). The predicted octanol–water partition coefficient (Wildman–Crippen LogP) is 3.99. The standard InChI is InChI=1S/C14H15Cl2N3O/c1-9(10-5-4-6-11(15)7-10)19(2)14-12(20-3)13(16)17-8-18-14/h4-9H,1-3H3. The summed E-state index contributed by atoms with van der Waals surface area (Å²) >= 11 is 12.1. The SMILES string of the molecule is COc1c(Cl)ncnc1N(C)C(C)c1cccc(Cl)c1. The van der Waals surface area contributed by atoms with E-state index in [-0.39, 0.29) is 6.04 Å². The molecule has 0 aliphatic rings. The van der Waals surface area contributed by atoms with Crippen LogP contribution >= 0.6 is 23.2 Å². The first-order valence-electron chi connectivity index (χ1n) is 6.07. The van der Waals surface area contributed by atoms with Gasteiger partial charge in [-0.2, -0.15) is 0 Å². The molecule has 0 fully saturated rings. The fraction of sp³-hybridized carbons (Fsp3) is 0.286. The molecule has 4 nitrogen and oxygen atoms in total. The maximum Gasteiger partial charge on any atom is 0.199 e. The minimum atomic E-state index is 0.0635. The average Bonchev–Trinajstić information content (AvgIpc) is 2.45. The molecular formula is C14H15Cl2N3O. The van der Waals surface area contributed by atoms with E-state index in [4.69, 9.17) is 27.9 Å². The highest BCUT2D eigenvalue weighted by atomic mass is 35.5. The summed E-state index contributed by atoms with van der Waals surface area (Å²) in [7, 11) is 3.47. The van der Waals surface area contributed by atoms with Crippen LogP contribution in [0.4, 0.5) is 5.82 Å². The Kier molecular flexibility index (Phi) is 4.68. The van der Waals surface area contributed by atoms with Crippen LogP contribution in [0.2, 0.25) is 10.2 Å². The monoisotopic (exact) mass is 311 g/mol. The number of anilines is 1. The van der Waals surface area contributed by atoms with Crippen molar-refractivity contribution in [3.8, 4) is 5.75 Å². The molecule has 20 heavy (non-hydrogen) atoms. The maximum atomic E-state index is 6.03. The molecule has 0 spiro atoms. The number of rotatable bonds is 4. The Morgan fingerprint density at radius 3 is 2.65 bits per heavy atom. The summed E-state index contributed by atoms with van der Waals surface area (Å²) in [6.07, 6.45) is 1.42. The molecule has 106 valence electrons. The van der Waals surface area contributed by atoms with Crippen molar-refractivity contribution in [3.63, 3.8) is 0 Å². The first-order chi connectivity index (χ1) is 9.54. The van der Waals surface area contributed by atoms with Gasteiger partial charge >= 0.3 is 0 Å². The minimum Gasteiger partial charge on any atom is -0.490 e. The number of ether oxygens (including phenoxy) is 1. The summed E-state index contributed by atoms with van der Waals surface area (Å²) < 4.78 is 5.28. The van der Waals surface area contributed by atoms with Crippen LogP contribution in [0.25, 0.3) is 0 Å². The molecule has 0 radical (unpaired) electrons. The lowest BCUT2D eigenvalue weighted by Gasteiger charge is -2.27. The second-order valence-corrected chi connectivity index (χ2v) is 5.16. The molecule has 0 saturated carbocycles. The molecule has 1 heterocycles. The van der Waals surface area contributed by atoms with Crippen LogP contribution in [0.3, 0.4) is 0 Å². The Labute approximate surface area is 128 Å². The van der Waals surface area contributed by atoms with Crippen molar-refractivity contribution in [3.05, 3.63) is 46.3 Å². The molecule has 1 atom stereocenters. The van der Waals surface area contributed by atoms with Crippen LogP contribution in [-0.4, -0.2) is 24.1 Å². The van der Waals surface area contributed by atoms with Gasteiger partial charge in [0.15, 0.2) is 16.7 Å². The number of nitrogens with zero attached hydrogens (tertiary/aromatic N) is 3. The Morgan fingerprint density at radius 2 is 2.00 bits per heavy atom. The third kappa shape index (κ3) is 2.97. The van der Waals surface area contributed by atoms with E-state index in [2.05, 4.69) is 16.9 Å². The molecule has 6 heteroatoms. The molecule has 1 aromatic heterocycles. The summed E-state index contributed by atoms with van der Waals surface area (Å²) in [5.74, 6) is 1.10. The van der Waals surface area contributed by atoms with Gasteiger partial charge in [0, 0.05) is 12.1 Å². The lowest BCUT2D eigenvalue weighted by molar-refractivity contribution is 0.410. The second kappa shape index (κ2) is 6.29. The molecule has 2 aromatic rings. The minimum absolute atomic E-state index is 0.0635. The highest BCUT2D eigenvalue weighted by Crippen LogP contribution is 2.35. The van der Waals surface area contributed by atoms with E-state index in [1.807, 2.05) is 36.2 Å². The molecular weight excluding hydrogens is 297 g/mol. The highest BCUT2D eigenvalue weighted by molar-refractivity contribution is 6.31. The molecule has 0 bridgehead atoms. The topological polar surface area (TPSA) is 38.3 Å². The lowest BCUT2D eigenvalue weighted by atomic mass is 10.1. The highest BCUT2D eigenvalue weighted by Gasteiger charge is 2.19. The molecule has 0 saturated heterocycles. The van der Waals surface area contributed by atoms with Gasteiger partial charge in [0.25, 0.3) is 0 Å². The third-order valence-corrected chi connectivity index (χ3v) is 3.70. The first kappa shape index (κ1) is 14.9. The van der Waals surface area contributed by atoms with Crippen molar-refractivity contribution in [2.24, 2.45) is 0 Å². The molecule has 0 N–H and O–H groups in total. The van der Waals surface area contributed by atoms with E-state index in [0.717, 1.165) is 5.56 Å². The van der Waals surface area contributed by atoms with Gasteiger partial charge in [0.05, 0.1) is 13.2 Å². The number of aromatic nitrogens is 2. The van der Waals surface area contributed by atoms with Crippen LogP contribution in [0.1, 0.15) is 18.5 Å². The summed E-state index contributed by atoms with van der Waals surface area (Å²) in [6.45, 7) is 2.06. The zero-order chi connectivity index (χ0) is 14.7. The van der Waals surface area contributed by atoms with Gasteiger partial charge in [-0.05, 0) is 24.6 Å². The van der Waals surface area contributed by atoms with Crippen molar-refractivity contribution in [1.29, 1.82) is 0 Å². The van der Waals surface area contributed by atoms with Gasteiger partial charge < -0.3 is 9.64 Å². The number of benzene rings is 1. The molecule has 1 unspecified atom stereocenters. The predicted molar refractivity (Wildman–Crippen MR) is 81.9 cm³/mol. The van der Waals surface area contributed by atoms with Crippen molar-refractivity contribution < 1.29 is 4.74 Å². The van der Waals surface area contributed by atoms with E-state index < -0.39 is 0 Å². The van der Waals surface area contributed by atoms with E-state index in [9.17, 15) is 0 Å². The molecule has 1 aromatic carbocycles. The van der Waals surface area contributed by atoms with E-state index in [1.165, 1.54) is 6.33 Å². The number of hydrogen-bond acceptors (Lipinski definition) is 4. The molecule has 0 amide bonds. The molecule has 0 aliphatic heterocycles. The fourth-order valence-electron chi connectivity index (χ4n) is 1.94. The Morgan fingerprint density at radius 1 is 1.25 bits per heavy atom. The zero-order valence-corrected chi connectivity index (χ0v) is 13.0. The van der Waals surface area contributed by atoms with Crippen LogP contribution < -0.4 is 9.64 Å². The van der Waals surface area contributed by atoms with E-state index in [1.54, 1.807) is 7.11 Å². The number of halogens is 2. The first-order valence-corrected chi connectivity index (χ1v) is 6.83.